The maximum absolute atomic E-state index is 13.3. The predicted molar refractivity (Wildman–Crippen MR) is 54.9 cm³/mol. The van der Waals surface area contributed by atoms with Crippen LogP contribution in [0, 0.1) is 17.1 Å². The molecule has 0 saturated carbocycles. The lowest BCUT2D eigenvalue weighted by Gasteiger charge is -2.12. The Morgan fingerprint density at radius 1 is 1.53 bits per heavy atom. The van der Waals surface area contributed by atoms with Crippen molar-refractivity contribution in [2.45, 2.75) is 6.54 Å². The predicted octanol–water partition coefficient (Wildman–Crippen LogP) is 1.79. The van der Waals surface area contributed by atoms with Gasteiger partial charge in [-0.15, -0.1) is 0 Å². The molecule has 0 fully saturated rings. The molecule has 3 nitrogen and oxygen atoms in total. The lowest BCUT2D eigenvalue weighted by Crippen LogP contribution is -2.17. The van der Waals surface area contributed by atoms with Crippen LogP contribution in [0.25, 0.3) is 0 Å². The maximum atomic E-state index is 13.3. The van der Waals surface area contributed by atoms with E-state index in [1.54, 1.807) is 17.0 Å². The molecule has 15 heavy (non-hydrogen) atoms. The van der Waals surface area contributed by atoms with E-state index in [-0.39, 0.29) is 11.6 Å². The molecule has 0 atom stereocenters. The van der Waals surface area contributed by atoms with E-state index in [1.165, 1.54) is 13.2 Å². The quantitative estimate of drug-likeness (QED) is 0.708. The summed E-state index contributed by atoms with van der Waals surface area (Å²) in [6.07, 6.45) is 0. The van der Waals surface area contributed by atoms with E-state index in [2.05, 4.69) is 0 Å². The van der Waals surface area contributed by atoms with Crippen molar-refractivity contribution in [1.82, 2.24) is 4.90 Å². The van der Waals surface area contributed by atoms with Gasteiger partial charge >= 0.3 is 0 Å². The van der Waals surface area contributed by atoms with E-state index < -0.39 is 0 Å². The van der Waals surface area contributed by atoms with Gasteiger partial charge in [0.1, 0.15) is 0 Å². The van der Waals surface area contributed by atoms with Gasteiger partial charge in [-0.1, -0.05) is 6.07 Å². The Hall–Kier alpha value is -1.60. The van der Waals surface area contributed by atoms with Crippen LogP contribution in [0.2, 0.25) is 0 Å². The second-order valence-electron chi connectivity index (χ2n) is 3.30. The maximum Gasteiger partial charge on any atom is 0.165 e. The Morgan fingerprint density at radius 3 is 2.80 bits per heavy atom. The van der Waals surface area contributed by atoms with Crippen molar-refractivity contribution in [3.8, 4) is 11.8 Å². The number of ether oxygens (including phenoxy) is 1. The summed E-state index contributed by atoms with van der Waals surface area (Å²) in [6.45, 7) is 0.877. The third-order valence-corrected chi connectivity index (χ3v) is 2.01. The highest BCUT2D eigenvalue weighted by molar-refractivity contribution is 5.29. The Labute approximate surface area is 88.7 Å². The van der Waals surface area contributed by atoms with Gasteiger partial charge < -0.3 is 4.74 Å². The third-order valence-electron chi connectivity index (χ3n) is 2.01. The molecule has 0 aliphatic heterocycles. The zero-order valence-corrected chi connectivity index (χ0v) is 8.83. The number of rotatable bonds is 4. The van der Waals surface area contributed by atoms with E-state index in [1.807, 2.05) is 13.1 Å². The second-order valence-corrected chi connectivity index (χ2v) is 3.30. The monoisotopic (exact) mass is 208 g/mol. The molecule has 0 N–H and O–H groups in total. The highest BCUT2D eigenvalue weighted by atomic mass is 19.1. The molecule has 1 aromatic rings. The van der Waals surface area contributed by atoms with E-state index in [9.17, 15) is 4.39 Å². The first-order chi connectivity index (χ1) is 7.17. The van der Waals surface area contributed by atoms with E-state index in [0.717, 1.165) is 5.56 Å². The van der Waals surface area contributed by atoms with Crippen molar-refractivity contribution >= 4 is 0 Å². The van der Waals surface area contributed by atoms with E-state index in [0.29, 0.717) is 13.1 Å². The minimum atomic E-state index is -0.375. The van der Waals surface area contributed by atoms with Gasteiger partial charge in [-0.25, -0.2) is 4.39 Å². The molecular formula is C11H13FN2O. The fraction of sp³-hybridized carbons (Fsp3) is 0.364. The molecule has 0 unspecified atom stereocenters. The molecule has 0 bridgehead atoms. The summed E-state index contributed by atoms with van der Waals surface area (Å²) in [7, 11) is 3.24. The van der Waals surface area contributed by atoms with Gasteiger partial charge in [0.25, 0.3) is 0 Å². The summed E-state index contributed by atoms with van der Waals surface area (Å²) in [4.78, 5) is 1.81. The minimum absolute atomic E-state index is 0.238. The molecule has 0 aliphatic carbocycles. The Kier molecular flexibility index (Phi) is 4.07. The second kappa shape index (κ2) is 5.32. The normalized spacial score (nSPS) is 10.1. The van der Waals surface area contributed by atoms with E-state index in [4.69, 9.17) is 10.00 Å². The zero-order chi connectivity index (χ0) is 11.3. The third kappa shape index (κ3) is 3.22. The molecule has 1 rings (SSSR count). The summed E-state index contributed by atoms with van der Waals surface area (Å²) < 4.78 is 18.1. The van der Waals surface area contributed by atoms with Gasteiger partial charge in [0.05, 0.1) is 19.7 Å². The molecule has 80 valence electrons. The van der Waals surface area contributed by atoms with Crippen molar-refractivity contribution in [3.05, 3.63) is 29.6 Å². The van der Waals surface area contributed by atoms with Crippen molar-refractivity contribution in [1.29, 1.82) is 5.26 Å². The number of hydrogen-bond donors (Lipinski definition) is 0. The molecular weight excluding hydrogens is 195 g/mol. The highest BCUT2D eigenvalue weighted by Crippen LogP contribution is 2.18. The zero-order valence-electron chi connectivity index (χ0n) is 8.83. The lowest BCUT2D eigenvalue weighted by molar-refractivity contribution is 0.363. The number of hydrogen-bond acceptors (Lipinski definition) is 3. The van der Waals surface area contributed by atoms with Crippen molar-refractivity contribution < 1.29 is 9.13 Å². The first-order valence-corrected chi connectivity index (χ1v) is 4.55. The van der Waals surface area contributed by atoms with Crippen LogP contribution in [0.1, 0.15) is 5.56 Å². The fourth-order valence-electron chi connectivity index (χ4n) is 1.30. The molecule has 0 aromatic heterocycles. The molecule has 0 heterocycles. The molecule has 0 radical (unpaired) electrons. The number of nitrogens with zero attached hydrogens (tertiary/aromatic N) is 2. The van der Waals surface area contributed by atoms with Gasteiger partial charge in [0, 0.05) is 6.54 Å². The molecule has 0 aliphatic rings. The summed E-state index contributed by atoms with van der Waals surface area (Å²) >= 11 is 0. The molecule has 0 spiro atoms. The lowest BCUT2D eigenvalue weighted by atomic mass is 10.2. The first kappa shape index (κ1) is 11.5. The SMILES string of the molecule is COc1ccc(CN(C)CC#N)cc1F. The summed E-state index contributed by atoms with van der Waals surface area (Å²) in [6, 6.07) is 6.83. The van der Waals surface area contributed by atoms with Crippen molar-refractivity contribution in [2.24, 2.45) is 0 Å². The van der Waals surface area contributed by atoms with Crippen LogP contribution in [0.5, 0.6) is 5.75 Å². The standard InChI is InChI=1S/C11H13FN2O/c1-14(6-5-13)8-9-3-4-11(15-2)10(12)7-9/h3-4,7H,6,8H2,1-2H3. The molecule has 0 saturated heterocycles. The molecule has 4 heteroatoms. The van der Waals surface area contributed by atoms with Crippen LogP contribution >= 0.6 is 0 Å². The fourth-order valence-corrected chi connectivity index (χ4v) is 1.30. The molecule has 0 amide bonds. The Bertz CT molecular complexity index is 373. The Morgan fingerprint density at radius 2 is 2.27 bits per heavy atom. The first-order valence-electron chi connectivity index (χ1n) is 4.55. The topological polar surface area (TPSA) is 36.3 Å². The van der Waals surface area contributed by atoms with Crippen molar-refractivity contribution in [3.63, 3.8) is 0 Å². The number of halogens is 1. The Balaban J connectivity index is 2.72. The van der Waals surface area contributed by atoms with Crippen LogP contribution < -0.4 is 4.74 Å². The minimum Gasteiger partial charge on any atom is -0.494 e. The highest BCUT2D eigenvalue weighted by Gasteiger charge is 2.05. The number of benzene rings is 1. The number of nitriles is 1. The van der Waals surface area contributed by atoms with Crippen LogP contribution in [0.15, 0.2) is 18.2 Å². The van der Waals surface area contributed by atoms with Crippen LogP contribution in [0.4, 0.5) is 4.39 Å². The summed E-state index contributed by atoms with van der Waals surface area (Å²) in [5, 5.41) is 8.47. The number of methoxy groups -OCH3 is 1. The average molecular weight is 208 g/mol. The van der Waals surface area contributed by atoms with Crippen LogP contribution in [-0.2, 0) is 6.54 Å². The van der Waals surface area contributed by atoms with E-state index >= 15 is 0 Å². The van der Waals surface area contributed by atoms with Gasteiger partial charge in [0.2, 0.25) is 0 Å². The van der Waals surface area contributed by atoms with Gasteiger partial charge in [-0.2, -0.15) is 5.26 Å². The average Bonchev–Trinajstić information content (AvgIpc) is 2.18. The largest absolute Gasteiger partial charge is 0.494 e. The van der Waals surface area contributed by atoms with Gasteiger partial charge in [-0.3, -0.25) is 4.90 Å². The van der Waals surface area contributed by atoms with Gasteiger partial charge in [-0.05, 0) is 24.7 Å². The smallest absolute Gasteiger partial charge is 0.165 e. The van der Waals surface area contributed by atoms with Gasteiger partial charge in [0.15, 0.2) is 11.6 Å². The van der Waals surface area contributed by atoms with Crippen LogP contribution in [0.3, 0.4) is 0 Å². The summed E-state index contributed by atoms with van der Waals surface area (Å²) in [5.74, 6) is -0.137. The summed E-state index contributed by atoms with van der Waals surface area (Å²) in [5.41, 5.74) is 0.825. The van der Waals surface area contributed by atoms with Crippen LogP contribution in [-0.4, -0.2) is 25.6 Å². The van der Waals surface area contributed by atoms with Crippen molar-refractivity contribution in [2.75, 3.05) is 20.7 Å². The molecule has 1 aromatic carbocycles.